The summed E-state index contributed by atoms with van der Waals surface area (Å²) in [6.45, 7) is 51.6. The molecule has 26 unspecified atom stereocenters. The van der Waals surface area contributed by atoms with Crippen molar-refractivity contribution in [3.63, 3.8) is 0 Å². The number of aryl methyl sites for hydroxylation is 2. The highest BCUT2D eigenvalue weighted by Gasteiger charge is 2.51. The topological polar surface area (TPSA) is 189 Å². The van der Waals surface area contributed by atoms with Crippen LogP contribution in [0.2, 0.25) is 0 Å². The van der Waals surface area contributed by atoms with E-state index in [2.05, 4.69) is 172 Å². The van der Waals surface area contributed by atoms with Crippen molar-refractivity contribution < 1.29 is 63.4 Å². The van der Waals surface area contributed by atoms with Gasteiger partial charge in [-0.05, 0) is 214 Å². The Balaban J connectivity index is 0.000000212. The summed E-state index contributed by atoms with van der Waals surface area (Å²) < 4.78 is 43.3. The molecule has 10 heterocycles. The maximum atomic E-state index is 9.23. The van der Waals surface area contributed by atoms with Crippen LogP contribution >= 0.6 is 0 Å². The molecule has 0 radical (unpaired) electrons. The Morgan fingerprint density at radius 1 is 0.515 bits per heavy atom. The molecule has 12 aliphatic rings. The lowest BCUT2D eigenvalue weighted by molar-refractivity contribution is -0.288. The lowest BCUT2D eigenvalue weighted by atomic mass is 9.66. The van der Waals surface area contributed by atoms with E-state index < -0.39 is 36.8 Å². The fourth-order valence-electron chi connectivity index (χ4n) is 16.7. The van der Waals surface area contributed by atoms with Gasteiger partial charge in [0.25, 0.3) is 6.04 Å². The zero-order chi connectivity index (χ0) is 74.6. The summed E-state index contributed by atoms with van der Waals surface area (Å²) in [5.41, 5.74) is 5.43. The predicted octanol–water partition coefficient (Wildman–Crippen LogP) is 13.4. The number of ether oxygens (including phenoxy) is 8. The van der Waals surface area contributed by atoms with Gasteiger partial charge in [-0.15, -0.1) is 0 Å². The van der Waals surface area contributed by atoms with Crippen molar-refractivity contribution >= 4 is 0 Å². The second-order valence-corrected chi connectivity index (χ2v) is 32.8. The van der Waals surface area contributed by atoms with Gasteiger partial charge in [0.15, 0.2) is 6.29 Å². The van der Waals surface area contributed by atoms with E-state index in [9.17, 15) is 20.4 Å². The van der Waals surface area contributed by atoms with Crippen LogP contribution in [0.5, 0.6) is 0 Å². The second kappa shape index (κ2) is 45.8. The molecule has 582 valence electrons. The van der Waals surface area contributed by atoms with Crippen molar-refractivity contribution in [2.24, 2.45) is 65.1 Å². The van der Waals surface area contributed by atoms with E-state index in [-0.39, 0.29) is 67.5 Å². The van der Waals surface area contributed by atoms with Crippen LogP contribution in [0.3, 0.4) is 0 Å². The Kier molecular flexibility index (Phi) is 40.3. The summed E-state index contributed by atoms with van der Waals surface area (Å²) in [5.74, 6) is 9.89. The van der Waals surface area contributed by atoms with Gasteiger partial charge in [-0.1, -0.05) is 143 Å². The third kappa shape index (κ3) is 26.9. The van der Waals surface area contributed by atoms with Crippen LogP contribution in [-0.4, -0.2) is 233 Å². The van der Waals surface area contributed by atoms with Crippen LogP contribution in [0, 0.1) is 78.6 Å². The smallest absolute Gasteiger partial charge is 0.256 e. The van der Waals surface area contributed by atoms with E-state index >= 15 is 0 Å². The standard InChI is InChI=1S/C22H23NO.C10H20O5.C8H15N.C8H17N.C8H16.C7H15N.C7H14O5.2C7H14O/c1-14-8-4-6-10-17(14)21-20-18-11-7-5-9-16(18)12-13-19(20)24-15(2)22(21)23-3;1-6-8(12-2)7(5-11)15-10(14-4)9(6)13-3;1-7-6-9-4-2-8(7)3-5-9;1-7-4-5-9(3)6-8(7)2;1-7-5-3-4-6-8(7)2;1-6-4-5-8(3)7(6)2;1-3-5(9)7(11)6(10)4(2-8)12-3;1-6-3-4-8-5-7(6)2;1-6-4-3-5-8-7(6)2/h4-11,15,19-22H,12-13H2,1-2H3;6-11H,5H2,1-4H3;7-8H,2-6H2,1H3;7-8H,4-6H2,1-3H3;7-8H,3-6H2,1-2H3;6-7H,4-5H2,1-3H3;3-11H,2H2,1H3;2*6-7H,3-5H2,1-2H3. The number of aliphatic hydroxyl groups is 5. The molecule has 10 saturated heterocycles. The lowest BCUT2D eigenvalue weighted by Gasteiger charge is -2.45. The van der Waals surface area contributed by atoms with Crippen molar-refractivity contribution in [3.8, 4) is 0 Å². The molecule has 5 N–H and O–H groups in total. The van der Waals surface area contributed by atoms with E-state index in [1.54, 1.807) is 28.3 Å². The summed E-state index contributed by atoms with van der Waals surface area (Å²) in [5, 5.41) is 45.6. The average Bonchev–Trinajstić information content (AvgIpc) is 0.993. The summed E-state index contributed by atoms with van der Waals surface area (Å²) in [6.07, 6.45) is 12.2. The number of likely N-dealkylation sites (tertiary alicyclic amines) is 2. The minimum absolute atomic E-state index is 0.0152. The first-order valence-corrected chi connectivity index (χ1v) is 39.8. The molecule has 26 atom stereocenters. The van der Waals surface area contributed by atoms with Crippen molar-refractivity contribution in [3.05, 3.63) is 82.2 Å². The maximum absolute atomic E-state index is 9.23. The Hall–Kier alpha value is -2.71. The summed E-state index contributed by atoms with van der Waals surface area (Å²) in [6, 6.07) is 18.0. The molecule has 11 fully saturated rings. The van der Waals surface area contributed by atoms with Crippen molar-refractivity contribution in [2.75, 3.05) is 108 Å². The zero-order valence-corrected chi connectivity index (χ0v) is 67.0. The van der Waals surface area contributed by atoms with Crippen LogP contribution in [0.1, 0.15) is 208 Å². The van der Waals surface area contributed by atoms with Crippen LogP contribution in [0.4, 0.5) is 0 Å². The van der Waals surface area contributed by atoms with Gasteiger partial charge in [-0.3, -0.25) is 0 Å². The van der Waals surface area contributed by atoms with Crippen molar-refractivity contribution in [1.29, 1.82) is 0 Å². The van der Waals surface area contributed by atoms with E-state index in [1.807, 2.05) is 6.92 Å². The summed E-state index contributed by atoms with van der Waals surface area (Å²) in [7, 11) is 9.19. The summed E-state index contributed by atoms with van der Waals surface area (Å²) in [4.78, 5) is 11.5. The number of rotatable bonds is 6. The third-order valence-corrected chi connectivity index (χ3v) is 25.5. The fourth-order valence-corrected chi connectivity index (χ4v) is 16.7. The average molecular weight is 1420 g/mol. The molecule has 17 heteroatoms. The van der Waals surface area contributed by atoms with Gasteiger partial charge in [0.05, 0.1) is 43.5 Å². The van der Waals surface area contributed by atoms with Crippen LogP contribution in [0.25, 0.3) is 4.85 Å². The molecular weight excluding hydrogens is 1270 g/mol. The van der Waals surface area contributed by atoms with E-state index in [0.717, 1.165) is 97.9 Å². The number of methoxy groups -OCH3 is 3. The third-order valence-electron chi connectivity index (χ3n) is 25.5. The minimum Gasteiger partial charge on any atom is -0.394 e. The lowest BCUT2D eigenvalue weighted by Crippen LogP contribution is -2.57. The van der Waals surface area contributed by atoms with Crippen LogP contribution < -0.4 is 0 Å². The molecule has 0 spiro atoms. The second-order valence-electron chi connectivity index (χ2n) is 32.8. The number of hydrogen-bond acceptors (Lipinski definition) is 16. The quantitative estimate of drug-likeness (QED) is 0.172. The fraction of sp³-hybridized carbons (Fsp3) is 0.845. The first-order chi connectivity index (χ1) is 48.2. The number of benzene rings is 2. The van der Waals surface area contributed by atoms with Gasteiger partial charge in [-0.2, -0.15) is 0 Å². The van der Waals surface area contributed by atoms with E-state index in [4.69, 9.17) is 49.6 Å². The molecule has 17 nitrogen and oxygen atoms in total. The van der Waals surface area contributed by atoms with Gasteiger partial charge < -0.3 is 83.0 Å². The van der Waals surface area contributed by atoms with Crippen molar-refractivity contribution in [1.82, 2.24) is 14.7 Å². The van der Waals surface area contributed by atoms with Crippen molar-refractivity contribution in [2.45, 2.75) is 285 Å². The molecule has 1 saturated carbocycles. The van der Waals surface area contributed by atoms with Gasteiger partial charge in [0, 0.05) is 72.1 Å². The number of piperidine rings is 4. The summed E-state index contributed by atoms with van der Waals surface area (Å²) >= 11 is 0. The molecule has 0 aromatic heterocycles. The SMILES string of the molecule is CC1CCCCC1C.CC1CCCOC1C.CC1CCN(C)C1C.CC1CCN(C)CC1C.CC1CCOCC1C.CC1CN2CCC1CC2.CC1OC(CO)C(O)C(O)C1O.COC1OC(CO)C(OC)C(C)C1OC.[C-]#[N+]C1C(C)OC2CCc3ccccc3C2C1c1ccccc1C. The molecular formula is C84H148N4O13. The zero-order valence-electron chi connectivity index (χ0n) is 67.0. The van der Waals surface area contributed by atoms with Crippen LogP contribution in [-0.2, 0) is 44.3 Å². The molecule has 2 bridgehead atoms. The Morgan fingerprint density at radius 2 is 1.11 bits per heavy atom. The van der Waals surface area contributed by atoms with Gasteiger partial charge >= 0.3 is 0 Å². The highest BCUT2D eigenvalue weighted by molar-refractivity contribution is 5.42. The van der Waals surface area contributed by atoms with Gasteiger partial charge in [-0.25, -0.2) is 6.57 Å². The molecule has 101 heavy (non-hydrogen) atoms. The largest absolute Gasteiger partial charge is 0.394 e. The van der Waals surface area contributed by atoms with Gasteiger partial charge in [0.1, 0.15) is 42.7 Å². The maximum Gasteiger partial charge on any atom is 0.256 e. The Labute approximate surface area is 615 Å². The number of aliphatic hydroxyl groups excluding tert-OH is 5. The molecule has 14 rings (SSSR count). The van der Waals surface area contributed by atoms with E-state index in [1.165, 1.54) is 132 Å². The Bertz CT molecular complexity index is 2460. The van der Waals surface area contributed by atoms with E-state index in [0.29, 0.717) is 6.10 Å². The number of hydrogen-bond donors (Lipinski definition) is 5. The minimum atomic E-state index is -1.24. The highest BCUT2D eigenvalue weighted by Crippen LogP contribution is 2.51. The first kappa shape index (κ1) is 88.9. The van der Waals surface area contributed by atoms with Crippen LogP contribution in [0.15, 0.2) is 48.5 Å². The Morgan fingerprint density at radius 3 is 1.55 bits per heavy atom. The number of nitrogens with zero attached hydrogens (tertiary/aromatic N) is 4. The first-order valence-electron chi connectivity index (χ1n) is 39.8. The molecule has 0 amide bonds. The number of fused-ring (bicyclic) bond motifs is 6. The molecule has 2 aromatic rings. The molecule has 10 aliphatic heterocycles. The normalized spacial score (nSPS) is 40.2. The predicted molar refractivity (Wildman–Crippen MR) is 408 cm³/mol. The van der Waals surface area contributed by atoms with Gasteiger partial charge in [0.2, 0.25) is 0 Å². The molecule has 2 aliphatic carbocycles. The monoisotopic (exact) mass is 1420 g/mol. The highest BCUT2D eigenvalue weighted by atomic mass is 16.7. The molecule has 2 aromatic carbocycles.